The average Bonchev–Trinajstić information content (AvgIpc) is 3.65. The molecule has 0 spiro atoms. The topological polar surface area (TPSA) is 60.2 Å². The second-order valence-electron chi connectivity index (χ2n) is 7.72. The molecule has 1 amide bonds. The van der Waals surface area contributed by atoms with Gasteiger partial charge >= 0.3 is 0 Å². The lowest BCUT2D eigenvalue weighted by Gasteiger charge is -2.41. The van der Waals surface area contributed by atoms with Crippen molar-refractivity contribution in [1.29, 1.82) is 5.26 Å². The average molecular weight is 425 g/mol. The molecule has 1 saturated carbocycles. The van der Waals surface area contributed by atoms with Crippen LogP contribution in [0.15, 0.2) is 24.3 Å². The lowest BCUT2D eigenvalue weighted by molar-refractivity contribution is -0.134. The van der Waals surface area contributed by atoms with E-state index in [9.17, 15) is 10.1 Å². The summed E-state index contributed by atoms with van der Waals surface area (Å²) in [5.74, 6) is 1.27. The molecule has 2 fully saturated rings. The summed E-state index contributed by atoms with van der Waals surface area (Å²) in [6.07, 6.45) is 3.89. The Hall–Kier alpha value is -2.61. The zero-order valence-electron chi connectivity index (χ0n) is 20.7. The van der Waals surface area contributed by atoms with Crippen LogP contribution in [-0.2, 0) is 4.79 Å². The molecular weight excluding hydrogens is 384 g/mol. The number of carbonyl (C=O) groups excluding carboxylic acids is 1. The van der Waals surface area contributed by atoms with Crippen LogP contribution in [0.25, 0.3) is 5.57 Å². The standard InChI is InChI=1S/C22H28N4O.2C2H6/c1-6-14(2)16(4)20-11-19(12-23)21(24-17(20)5)25-9-10-26(15(3)13-25)22(27)18-7-8-18;2*1-2/h6,11,15,18H,1,7-10,13H2,2-5H3;2*1-2H3/b16-14-;;. The fourth-order valence-electron chi connectivity index (χ4n) is 3.70. The Balaban J connectivity index is 0.00000113. The van der Waals surface area contributed by atoms with Crippen LogP contribution >= 0.6 is 0 Å². The van der Waals surface area contributed by atoms with Gasteiger partial charge in [-0.05, 0) is 57.7 Å². The maximum absolute atomic E-state index is 12.4. The van der Waals surface area contributed by atoms with Gasteiger partial charge in [-0.25, -0.2) is 4.98 Å². The monoisotopic (exact) mass is 424 g/mol. The molecule has 1 atom stereocenters. The molecule has 170 valence electrons. The SMILES string of the molecule is C=C/C(C)=C(/C)c1cc(C#N)c(N2CCN(C(=O)C3CC3)C(C)C2)nc1C.CC.CC. The van der Waals surface area contributed by atoms with E-state index in [0.29, 0.717) is 31.1 Å². The molecule has 1 aliphatic heterocycles. The number of allylic oxidation sites excluding steroid dienone is 3. The number of amides is 1. The van der Waals surface area contributed by atoms with Crippen molar-refractivity contribution in [2.45, 2.75) is 74.3 Å². The van der Waals surface area contributed by atoms with Gasteiger partial charge in [0, 0.05) is 42.9 Å². The number of carbonyl (C=O) groups is 1. The minimum atomic E-state index is 0.129. The molecule has 0 radical (unpaired) electrons. The summed E-state index contributed by atoms with van der Waals surface area (Å²) >= 11 is 0. The summed E-state index contributed by atoms with van der Waals surface area (Å²) in [6.45, 7) is 22.1. The van der Waals surface area contributed by atoms with Crippen LogP contribution in [0, 0.1) is 24.2 Å². The minimum Gasteiger partial charge on any atom is -0.352 e. The summed E-state index contributed by atoms with van der Waals surface area (Å²) in [5, 5.41) is 9.71. The number of nitriles is 1. The molecule has 31 heavy (non-hydrogen) atoms. The number of piperazine rings is 1. The Kier molecular flexibility index (Phi) is 10.5. The zero-order valence-corrected chi connectivity index (χ0v) is 20.7. The molecule has 1 aromatic heterocycles. The highest BCUT2D eigenvalue weighted by Crippen LogP contribution is 2.33. The van der Waals surface area contributed by atoms with Crippen molar-refractivity contribution in [2.75, 3.05) is 24.5 Å². The Bertz CT molecular complexity index is 846. The molecule has 1 aromatic rings. The first-order chi connectivity index (χ1) is 14.9. The Morgan fingerprint density at radius 3 is 2.32 bits per heavy atom. The summed E-state index contributed by atoms with van der Waals surface area (Å²) in [7, 11) is 0. The van der Waals surface area contributed by atoms with E-state index in [1.165, 1.54) is 0 Å². The van der Waals surface area contributed by atoms with Gasteiger partial charge < -0.3 is 9.80 Å². The number of hydrogen-bond acceptors (Lipinski definition) is 4. The number of hydrogen-bond donors (Lipinski definition) is 0. The number of aryl methyl sites for hydroxylation is 1. The van der Waals surface area contributed by atoms with Crippen LogP contribution < -0.4 is 4.90 Å². The van der Waals surface area contributed by atoms with E-state index in [0.717, 1.165) is 41.1 Å². The number of pyridine rings is 1. The highest BCUT2D eigenvalue weighted by atomic mass is 16.2. The van der Waals surface area contributed by atoms with Crippen LogP contribution in [0.3, 0.4) is 0 Å². The van der Waals surface area contributed by atoms with Crippen LogP contribution in [0.4, 0.5) is 5.82 Å². The van der Waals surface area contributed by atoms with Gasteiger partial charge in [0.25, 0.3) is 0 Å². The third-order valence-corrected chi connectivity index (χ3v) is 5.75. The quantitative estimate of drug-likeness (QED) is 0.578. The first-order valence-electron chi connectivity index (χ1n) is 11.6. The number of nitrogens with zero attached hydrogens (tertiary/aromatic N) is 4. The van der Waals surface area contributed by atoms with Crippen LogP contribution in [0.2, 0.25) is 0 Å². The lowest BCUT2D eigenvalue weighted by atomic mass is 9.99. The van der Waals surface area contributed by atoms with Gasteiger partial charge in [-0.2, -0.15) is 5.26 Å². The molecule has 5 nitrogen and oxygen atoms in total. The predicted molar refractivity (Wildman–Crippen MR) is 131 cm³/mol. The van der Waals surface area contributed by atoms with Crippen LogP contribution in [-0.4, -0.2) is 41.5 Å². The van der Waals surface area contributed by atoms with Crippen molar-refractivity contribution < 1.29 is 4.79 Å². The molecular formula is C26H40N4O. The molecule has 5 heteroatoms. The number of aromatic nitrogens is 1. The number of anilines is 1. The fraction of sp³-hybridized carbons (Fsp3) is 0.577. The normalized spacial score (nSPS) is 18.5. The molecule has 0 N–H and O–H groups in total. The van der Waals surface area contributed by atoms with E-state index in [2.05, 4.69) is 24.5 Å². The second kappa shape index (κ2) is 12.3. The maximum Gasteiger partial charge on any atom is 0.226 e. The highest BCUT2D eigenvalue weighted by Gasteiger charge is 2.37. The highest BCUT2D eigenvalue weighted by molar-refractivity contribution is 5.81. The van der Waals surface area contributed by atoms with Crippen molar-refractivity contribution in [2.24, 2.45) is 5.92 Å². The first-order valence-corrected chi connectivity index (χ1v) is 11.6. The van der Waals surface area contributed by atoms with Crippen LogP contribution in [0.1, 0.15) is 78.1 Å². The lowest BCUT2D eigenvalue weighted by Crippen LogP contribution is -2.54. The molecule has 0 bridgehead atoms. The third-order valence-electron chi connectivity index (χ3n) is 5.75. The summed E-state index contributed by atoms with van der Waals surface area (Å²) in [5.41, 5.74) is 4.65. The van der Waals surface area contributed by atoms with Gasteiger partial charge in [0.2, 0.25) is 5.91 Å². The summed E-state index contributed by atoms with van der Waals surface area (Å²) < 4.78 is 0. The van der Waals surface area contributed by atoms with E-state index in [1.54, 1.807) is 0 Å². The second-order valence-corrected chi connectivity index (χ2v) is 7.72. The molecule has 2 aliphatic rings. The van der Waals surface area contributed by atoms with Crippen LogP contribution in [0.5, 0.6) is 0 Å². The van der Waals surface area contributed by atoms with Crippen molar-refractivity contribution in [3.05, 3.63) is 41.1 Å². The molecule has 0 aromatic carbocycles. The smallest absolute Gasteiger partial charge is 0.226 e. The maximum atomic E-state index is 12.4. The Morgan fingerprint density at radius 2 is 1.84 bits per heavy atom. The molecule has 2 heterocycles. The summed E-state index contributed by atoms with van der Waals surface area (Å²) in [6, 6.07) is 4.38. The first kappa shape index (κ1) is 26.4. The molecule has 1 saturated heterocycles. The minimum absolute atomic E-state index is 0.129. The van der Waals surface area contributed by atoms with Gasteiger partial charge in [0.1, 0.15) is 11.9 Å². The third kappa shape index (κ3) is 6.19. The fourth-order valence-corrected chi connectivity index (χ4v) is 3.70. The summed E-state index contributed by atoms with van der Waals surface area (Å²) in [4.78, 5) is 21.4. The molecule has 1 aliphatic carbocycles. The Labute approximate surface area is 189 Å². The van der Waals surface area contributed by atoms with E-state index < -0.39 is 0 Å². The molecule has 3 rings (SSSR count). The van der Waals surface area contributed by atoms with Crippen molar-refractivity contribution in [1.82, 2.24) is 9.88 Å². The van der Waals surface area contributed by atoms with Gasteiger partial charge in [-0.3, -0.25) is 4.79 Å². The van der Waals surface area contributed by atoms with E-state index in [1.807, 2.05) is 65.5 Å². The van der Waals surface area contributed by atoms with E-state index in [4.69, 9.17) is 4.98 Å². The van der Waals surface area contributed by atoms with Crippen molar-refractivity contribution in [3.63, 3.8) is 0 Å². The van der Waals surface area contributed by atoms with E-state index in [-0.39, 0.29) is 12.0 Å². The van der Waals surface area contributed by atoms with Crippen molar-refractivity contribution in [3.8, 4) is 6.07 Å². The predicted octanol–water partition coefficient (Wildman–Crippen LogP) is 5.74. The van der Waals surface area contributed by atoms with Gasteiger partial charge in [-0.1, -0.05) is 40.3 Å². The zero-order chi connectivity index (χ0) is 23.7. The largest absolute Gasteiger partial charge is 0.352 e. The van der Waals surface area contributed by atoms with Gasteiger partial charge in [-0.15, -0.1) is 0 Å². The Morgan fingerprint density at radius 1 is 1.23 bits per heavy atom. The molecule has 1 unspecified atom stereocenters. The van der Waals surface area contributed by atoms with Crippen molar-refractivity contribution >= 4 is 17.3 Å². The number of rotatable bonds is 4. The van der Waals surface area contributed by atoms with Gasteiger partial charge in [0.05, 0.1) is 5.56 Å². The van der Waals surface area contributed by atoms with Gasteiger partial charge in [0.15, 0.2) is 0 Å². The van der Waals surface area contributed by atoms with E-state index >= 15 is 0 Å².